The molecule has 0 fully saturated rings. The summed E-state index contributed by atoms with van der Waals surface area (Å²) in [6.07, 6.45) is 0. The van der Waals surface area contributed by atoms with Gasteiger partial charge in [-0.1, -0.05) is 11.8 Å². The summed E-state index contributed by atoms with van der Waals surface area (Å²) in [4.78, 5) is 10.3. The highest BCUT2D eigenvalue weighted by atomic mass is 32.1. The van der Waals surface area contributed by atoms with Crippen molar-refractivity contribution < 1.29 is 4.79 Å². The summed E-state index contributed by atoms with van der Waals surface area (Å²) in [5.41, 5.74) is 0. The lowest BCUT2D eigenvalue weighted by Crippen LogP contribution is -2.19. The molecular formula is C7H11NOS. The molecule has 0 aromatic rings. The normalized spacial score (nSPS) is 11.1. The fourth-order valence-corrected chi connectivity index (χ4v) is 0.459. The quantitative estimate of drug-likeness (QED) is 0.420. The molecule has 0 spiro atoms. The van der Waals surface area contributed by atoms with Crippen molar-refractivity contribution >= 4 is 18.5 Å². The van der Waals surface area contributed by atoms with Gasteiger partial charge in [0.1, 0.15) is 0 Å². The molecule has 1 amide bonds. The van der Waals surface area contributed by atoms with Crippen LogP contribution in [0.15, 0.2) is 0 Å². The summed E-state index contributed by atoms with van der Waals surface area (Å²) >= 11 is 4.04. The monoisotopic (exact) mass is 157 g/mol. The highest BCUT2D eigenvalue weighted by molar-refractivity contribution is 7.81. The van der Waals surface area contributed by atoms with Crippen LogP contribution in [0.25, 0.3) is 0 Å². The summed E-state index contributed by atoms with van der Waals surface area (Å²) in [6.45, 7) is 3.76. The lowest BCUT2D eigenvalue weighted by molar-refractivity contribution is -0.118. The molecule has 0 bridgehead atoms. The first-order valence-corrected chi connectivity index (χ1v) is 3.55. The zero-order valence-electron chi connectivity index (χ0n) is 6.14. The standard InChI is InChI=1S/C7H11NOS/c1-6(10)4-3-5-8-7(2)9/h6,10H,5H2,1-2H3,(H,8,9). The van der Waals surface area contributed by atoms with Gasteiger partial charge in [-0.05, 0) is 6.92 Å². The van der Waals surface area contributed by atoms with Gasteiger partial charge in [-0.3, -0.25) is 4.79 Å². The van der Waals surface area contributed by atoms with E-state index >= 15 is 0 Å². The van der Waals surface area contributed by atoms with E-state index in [0.717, 1.165) is 0 Å². The van der Waals surface area contributed by atoms with Crippen molar-refractivity contribution in [3.8, 4) is 11.8 Å². The van der Waals surface area contributed by atoms with Gasteiger partial charge in [0.2, 0.25) is 5.91 Å². The fraction of sp³-hybridized carbons (Fsp3) is 0.571. The number of nitrogens with one attached hydrogen (secondary N) is 1. The summed E-state index contributed by atoms with van der Waals surface area (Å²) in [6, 6.07) is 0. The molecule has 0 saturated carbocycles. The highest BCUT2D eigenvalue weighted by Crippen LogP contribution is 1.85. The van der Waals surface area contributed by atoms with E-state index < -0.39 is 0 Å². The van der Waals surface area contributed by atoms with E-state index in [1.165, 1.54) is 6.92 Å². The summed E-state index contributed by atoms with van der Waals surface area (Å²) in [5, 5.41) is 2.63. The third kappa shape index (κ3) is 7.38. The van der Waals surface area contributed by atoms with Crippen LogP contribution in [0, 0.1) is 11.8 Å². The van der Waals surface area contributed by atoms with Gasteiger partial charge in [-0.25, -0.2) is 0 Å². The average Bonchev–Trinajstić information content (AvgIpc) is 1.79. The lowest BCUT2D eigenvalue weighted by atomic mass is 10.4. The zero-order chi connectivity index (χ0) is 7.98. The van der Waals surface area contributed by atoms with E-state index in [4.69, 9.17) is 0 Å². The minimum Gasteiger partial charge on any atom is -0.345 e. The Kier molecular flexibility index (Phi) is 4.87. The Morgan fingerprint density at radius 2 is 2.40 bits per heavy atom. The predicted octanol–water partition coefficient (Wildman–Crippen LogP) is 0.444. The van der Waals surface area contributed by atoms with Gasteiger partial charge in [0.15, 0.2) is 0 Å². The number of thiol groups is 1. The van der Waals surface area contributed by atoms with Crippen LogP contribution in [-0.2, 0) is 4.79 Å². The van der Waals surface area contributed by atoms with Crippen LogP contribution >= 0.6 is 12.6 Å². The smallest absolute Gasteiger partial charge is 0.217 e. The largest absolute Gasteiger partial charge is 0.345 e. The van der Waals surface area contributed by atoms with Gasteiger partial charge >= 0.3 is 0 Å². The average molecular weight is 157 g/mol. The van der Waals surface area contributed by atoms with Crippen molar-refractivity contribution in [1.29, 1.82) is 0 Å². The molecule has 0 radical (unpaired) electrons. The van der Waals surface area contributed by atoms with Gasteiger partial charge in [0.05, 0.1) is 11.8 Å². The number of carbonyl (C=O) groups is 1. The van der Waals surface area contributed by atoms with E-state index in [-0.39, 0.29) is 11.2 Å². The maximum atomic E-state index is 10.3. The molecule has 10 heavy (non-hydrogen) atoms. The topological polar surface area (TPSA) is 29.1 Å². The Morgan fingerprint density at radius 3 is 2.80 bits per heavy atom. The van der Waals surface area contributed by atoms with Crippen molar-refractivity contribution in [3.63, 3.8) is 0 Å². The molecule has 1 unspecified atom stereocenters. The second kappa shape index (κ2) is 5.19. The van der Waals surface area contributed by atoms with E-state index in [9.17, 15) is 4.79 Å². The SMILES string of the molecule is CC(=O)NCC#CC(C)S. The molecule has 0 rings (SSSR count). The van der Waals surface area contributed by atoms with Gasteiger partial charge in [0, 0.05) is 6.92 Å². The van der Waals surface area contributed by atoms with Crippen molar-refractivity contribution in [1.82, 2.24) is 5.32 Å². The zero-order valence-corrected chi connectivity index (χ0v) is 7.03. The second-order valence-corrected chi connectivity index (χ2v) is 2.68. The van der Waals surface area contributed by atoms with Crippen molar-refractivity contribution in [2.75, 3.05) is 6.54 Å². The summed E-state index contributed by atoms with van der Waals surface area (Å²) < 4.78 is 0. The number of amides is 1. The van der Waals surface area contributed by atoms with Crippen molar-refractivity contribution in [2.45, 2.75) is 19.1 Å². The van der Waals surface area contributed by atoms with Crippen LogP contribution in [0.3, 0.4) is 0 Å². The first-order valence-electron chi connectivity index (χ1n) is 3.04. The molecule has 0 aromatic heterocycles. The Bertz CT molecular complexity index is 166. The summed E-state index contributed by atoms with van der Waals surface area (Å²) in [5.74, 6) is 5.50. The predicted molar refractivity (Wildman–Crippen MR) is 44.9 cm³/mol. The molecule has 0 saturated heterocycles. The third-order valence-electron chi connectivity index (χ3n) is 0.737. The molecular weight excluding hydrogens is 146 g/mol. The van der Waals surface area contributed by atoms with Crippen LogP contribution < -0.4 is 5.32 Å². The molecule has 1 N–H and O–H groups in total. The van der Waals surface area contributed by atoms with Gasteiger partial charge in [-0.15, -0.1) is 0 Å². The first kappa shape index (κ1) is 9.38. The summed E-state index contributed by atoms with van der Waals surface area (Å²) in [7, 11) is 0. The third-order valence-corrected chi connectivity index (χ3v) is 0.866. The molecule has 0 aliphatic heterocycles. The Hall–Kier alpha value is -0.620. The van der Waals surface area contributed by atoms with Crippen LogP contribution in [-0.4, -0.2) is 17.7 Å². The Labute approximate surface area is 66.8 Å². The van der Waals surface area contributed by atoms with Crippen LogP contribution in [0.5, 0.6) is 0 Å². The van der Waals surface area contributed by atoms with E-state index in [0.29, 0.717) is 6.54 Å². The highest BCUT2D eigenvalue weighted by Gasteiger charge is 1.84. The van der Waals surface area contributed by atoms with Crippen molar-refractivity contribution in [2.24, 2.45) is 0 Å². The molecule has 2 nitrogen and oxygen atoms in total. The number of hydrogen-bond donors (Lipinski definition) is 2. The van der Waals surface area contributed by atoms with E-state index in [1.807, 2.05) is 6.92 Å². The van der Waals surface area contributed by atoms with Gasteiger partial charge in [0.25, 0.3) is 0 Å². The Morgan fingerprint density at radius 1 is 1.80 bits per heavy atom. The molecule has 0 aliphatic carbocycles. The Balaban J connectivity index is 3.38. The first-order chi connectivity index (χ1) is 4.63. The van der Waals surface area contributed by atoms with E-state index in [2.05, 4.69) is 29.8 Å². The molecule has 0 heterocycles. The number of hydrogen-bond acceptors (Lipinski definition) is 2. The maximum Gasteiger partial charge on any atom is 0.217 e. The van der Waals surface area contributed by atoms with Crippen LogP contribution in [0.2, 0.25) is 0 Å². The van der Waals surface area contributed by atoms with Gasteiger partial charge in [-0.2, -0.15) is 12.6 Å². The molecule has 0 aliphatic rings. The van der Waals surface area contributed by atoms with Gasteiger partial charge < -0.3 is 5.32 Å². The van der Waals surface area contributed by atoms with Crippen molar-refractivity contribution in [3.05, 3.63) is 0 Å². The number of rotatable bonds is 1. The minimum absolute atomic E-state index is 0.0545. The number of carbonyl (C=O) groups excluding carboxylic acids is 1. The lowest BCUT2D eigenvalue weighted by Gasteiger charge is -1.91. The fourth-order valence-electron chi connectivity index (χ4n) is 0.367. The molecule has 0 aromatic carbocycles. The van der Waals surface area contributed by atoms with Crippen LogP contribution in [0.4, 0.5) is 0 Å². The molecule has 3 heteroatoms. The molecule has 1 atom stereocenters. The van der Waals surface area contributed by atoms with Crippen LogP contribution in [0.1, 0.15) is 13.8 Å². The van der Waals surface area contributed by atoms with E-state index in [1.54, 1.807) is 0 Å². The maximum absolute atomic E-state index is 10.3. The minimum atomic E-state index is -0.0545. The molecule has 56 valence electrons. The second-order valence-electron chi connectivity index (χ2n) is 1.91.